The Kier molecular flexibility index (Phi) is 8.21. The Hall–Kier alpha value is -5.45. The molecule has 0 aliphatic carbocycles. The van der Waals surface area contributed by atoms with Crippen LogP contribution in [0.15, 0.2) is 84.2 Å². The fraction of sp³-hybridized carbons (Fsp3) is 0.206. The lowest BCUT2D eigenvalue weighted by Crippen LogP contribution is -2.54. The number of amides is 1. The highest BCUT2D eigenvalue weighted by Crippen LogP contribution is 2.57. The van der Waals surface area contributed by atoms with Gasteiger partial charge in [0.25, 0.3) is 5.91 Å². The van der Waals surface area contributed by atoms with Crippen LogP contribution in [0.3, 0.4) is 0 Å². The van der Waals surface area contributed by atoms with Crippen molar-refractivity contribution >= 4 is 29.0 Å². The highest BCUT2D eigenvalue weighted by atomic mass is 32.1. The minimum Gasteiger partial charge on any atom is -0.493 e. The fourth-order valence-electron chi connectivity index (χ4n) is 6.11. The number of hydrogen-bond donors (Lipinski definition) is 1. The summed E-state index contributed by atoms with van der Waals surface area (Å²) < 4.78 is 11.0. The molecule has 1 aromatic heterocycles. The predicted molar refractivity (Wildman–Crippen MR) is 162 cm³/mol. The highest BCUT2D eigenvalue weighted by molar-refractivity contribution is 7.12. The van der Waals surface area contributed by atoms with E-state index in [9.17, 15) is 30.0 Å². The number of ketones is 1. The molecule has 0 spiro atoms. The van der Waals surface area contributed by atoms with Crippen LogP contribution >= 0.6 is 11.3 Å². The molecule has 1 saturated heterocycles. The lowest BCUT2D eigenvalue weighted by Gasteiger charge is -2.37. The predicted octanol–water partition coefficient (Wildman–Crippen LogP) is 5.83. The van der Waals surface area contributed by atoms with Crippen LogP contribution in [0.1, 0.15) is 61.2 Å². The number of thiophene rings is 1. The summed E-state index contributed by atoms with van der Waals surface area (Å²) in [5.74, 6) is -3.66. The number of nitrogens with zero attached hydrogens (tertiary/aromatic N) is 3. The molecule has 1 N–H and O–H groups in total. The molecular formula is C34H27N3O6S. The Balaban J connectivity index is 1.84. The fourth-order valence-corrected chi connectivity index (χ4v) is 6.77. The van der Waals surface area contributed by atoms with Gasteiger partial charge in [-0.25, -0.2) is 4.79 Å². The molecular weight excluding hydrogens is 578 g/mol. The number of methoxy groups -OCH3 is 2. The Morgan fingerprint density at radius 1 is 0.864 bits per heavy atom. The largest absolute Gasteiger partial charge is 0.493 e. The Bertz CT molecular complexity index is 1810. The van der Waals surface area contributed by atoms with Gasteiger partial charge in [0, 0.05) is 11.5 Å². The molecule has 0 bridgehead atoms. The number of carbonyl (C=O) groups is 3. The molecule has 10 heteroatoms. The molecule has 220 valence electrons. The standard InChI is InChI=1S/C34H27N3O6S/c1-34(33(40)41)29(24-14-15-25(42-2)26(17-24)43-3)28(31(38)23-12-8-21(19-36)9-13-23)30(22-10-6-20(18-35)7-11-22)37(34)32(39)27-5-4-16-44-27/h4-17,28-30H,1-3H3,(H,40,41). The molecule has 1 amide bonds. The van der Waals surface area contributed by atoms with Gasteiger partial charge in [0.1, 0.15) is 5.54 Å². The first-order chi connectivity index (χ1) is 21.2. The van der Waals surface area contributed by atoms with Crippen molar-refractivity contribution in [1.82, 2.24) is 4.90 Å². The van der Waals surface area contributed by atoms with Crippen molar-refractivity contribution in [3.05, 3.63) is 117 Å². The van der Waals surface area contributed by atoms with E-state index in [0.717, 1.165) is 0 Å². The Morgan fingerprint density at radius 2 is 1.45 bits per heavy atom. The Labute approximate surface area is 258 Å². The number of carbonyl (C=O) groups excluding carboxylic acids is 2. The molecule has 3 aromatic carbocycles. The summed E-state index contributed by atoms with van der Waals surface area (Å²) in [5, 5.41) is 31.5. The number of nitriles is 2. The smallest absolute Gasteiger partial charge is 0.330 e. The van der Waals surface area contributed by atoms with Gasteiger partial charge in [-0.3, -0.25) is 9.59 Å². The van der Waals surface area contributed by atoms with Crippen LogP contribution in [0, 0.1) is 28.6 Å². The molecule has 1 aliphatic rings. The van der Waals surface area contributed by atoms with Gasteiger partial charge in [-0.1, -0.05) is 36.4 Å². The molecule has 2 heterocycles. The lowest BCUT2D eigenvalue weighted by molar-refractivity contribution is -0.148. The van der Waals surface area contributed by atoms with Gasteiger partial charge in [0.2, 0.25) is 0 Å². The third-order valence-electron chi connectivity index (χ3n) is 8.22. The van der Waals surface area contributed by atoms with E-state index < -0.39 is 41.1 Å². The van der Waals surface area contributed by atoms with Crippen LogP contribution in [-0.2, 0) is 4.79 Å². The van der Waals surface area contributed by atoms with Crippen LogP contribution in [-0.4, -0.2) is 47.4 Å². The molecule has 5 rings (SSSR count). The van der Waals surface area contributed by atoms with E-state index in [4.69, 9.17) is 9.47 Å². The van der Waals surface area contributed by atoms with E-state index in [-0.39, 0.29) is 5.56 Å². The Morgan fingerprint density at radius 3 is 1.98 bits per heavy atom. The summed E-state index contributed by atoms with van der Waals surface area (Å²) in [6.45, 7) is 1.46. The molecule has 4 unspecified atom stereocenters. The number of benzene rings is 3. The summed E-state index contributed by atoms with van der Waals surface area (Å²) >= 11 is 1.17. The van der Waals surface area contributed by atoms with Gasteiger partial charge in [0.15, 0.2) is 17.3 Å². The van der Waals surface area contributed by atoms with E-state index in [1.807, 2.05) is 6.07 Å². The third-order valence-corrected chi connectivity index (χ3v) is 9.07. The third kappa shape index (κ3) is 4.96. The van der Waals surface area contributed by atoms with Crippen molar-refractivity contribution in [1.29, 1.82) is 10.5 Å². The quantitative estimate of drug-likeness (QED) is 0.247. The number of carboxylic acid groups (broad SMARTS) is 1. The van der Waals surface area contributed by atoms with Crippen molar-refractivity contribution in [2.45, 2.75) is 24.4 Å². The van der Waals surface area contributed by atoms with Crippen molar-refractivity contribution < 1.29 is 29.0 Å². The number of Topliss-reactive ketones (excluding diaryl/α,β-unsaturated/α-hetero) is 1. The van der Waals surface area contributed by atoms with E-state index in [0.29, 0.717) is 38.6 Å². The molecule has 1 fully saturated rings. The topological polar surface area (TPSA) is 141 Å². The van der Waals surface area contributed by atoms with Crippen molar-refractivity contribution in [2.24, 2.45) is 5.92 Å². The van der Waals surface area contributed by atoms with E-state index in [2.05, 4.69) is 6.07 Å². The maximum Gasteiger partial charge on any atom is 0.330 e. The molecule has 9 nitrogen and oxygen atoms in total. The van der Waals surface area contributed by atoms with Crippen molar-refractivity contribution in [3.8, 4) is 23.6 Å². The van der Waals surface area contributed by atoms with Crippen LogP contribution in [0.25, 0.3) is 0 Å². The monoisotopic (exact) mass is 605 g/mol. The minimum absolute atomic E-state index is 0.260. The zero-order chi connectivity index (χ0) is 31.6. The number of likely N-dealkylation sites (tertiary alicyclic amines) is 1. The van der Waals surface area contributed by atoms with Crippen LogP contribution in [0.2, 0.25) is 0 Å². The minimum atomic E-state index is -1.92. The molecule has 4 aromatic rings. The molecule has 44 heavy (non-hydrogen) atoms. The molecule has 4 atom stereocenters. The molecule has 0 saturated carbocycles. The maximum absolute atomic E-state index is 14.7. The SMILES string of the molecule is COc1ccc(C2C(C(=O)c3ccc(C#N)cc3)C(c3ccc(C#N)cc3)N(C(=O)c3cccs3)C2(C)C(=O)O)cc1OC. The first-order valence-corrected chi connectivity index (χ1v) is 14.4. The highest BCUT2D eigenvalue weighted by Gasteiger charge is 2.65. The average molecular weight is 606 g/mol. The molecule has 1 aliphatic heterocycles. The van der Waals surface area contributed by atoms with Gasteiger partial charge < -0.3 is 19.5 Å². The second kappa shape index (κ2) is 12.0. The van der Waals surface area contributed by atoms with E-state index in [1.54, 1.807) is 60.0 Å². The van der Waals surface area contributed by atoms with Gasteiger partial charge >= 0.3 is 5.97 Å². The van der Waals surface area contributed by atoms with Crippen LogP contribution in [0.4, 0.5) is 0 Å². The van der Waals surface area contributed by atoms with Crippen molar-refractivity contribution in [3.63, 3.8) is 0 Å². The van der Waals surface area contributed by atoms with Crippen molar-refractivity contribution in [2.75, 3.05) is 14.2 Å². The molecule has 0 radical (unpaired) electrons. The number of carboxylic acids is 1. The second-order valence-corrected chi connectivity index (χ2v) is 11.4. The number of rotatable bonds is 8. The maximum atomic E-state index is 14.7. The normalized spacial score (nSPS) is 20.8. The van der Waals surface area contributed by atoms with Crippen LogP contribution < -0.4 is 9.47 Å². The number of hydrogen-bond acceptors (Lipinski definition) is 8. The summed E-state index contributed by atoms with van der Waals surface area (Å²) in [6.07, 6.45) is 0. The summed E-state index contributed by atoms with van der Waals surface area (Å²) in [4.78, 5) is 44.1. The first-order valence-electron chi connectivity index (χ1n) is 13.6. The summed E-state index contributed by atoms with van der Waals surface area (Å²) in [7, 11) is 2.94. The number of aliphatic carboxylic acids is 1. The lowest BCUT2D eigenvalue weighted by atomic mass is 9.71. The summed E-state index contributed by atoms with van der Waals surface area (Å²) in [6, 6.07) is 23.9. The van der Waals surface area contributed by atoms with Gasteiger partial charge in [0.05, 0.1) is 54.3 Å². The van der Waals surface area contributed by atoms with Gasteiger partial charge in [-0.2, -0.15) is 10.5 Å². The van der Waals surface area contributed by atoms with E-state index >= 15 is 0 Å². The van der Waals surface area contributed by atoms with Gasteiger partial charge in [-0.15, -0.1) is 11.3 Å². The summed E-state index contributed by atoms with van der Waals surface area (Å²) in [5.41, 5.74) is 0.0205. The zero-order valence-corrected chi connectivity index (χ0v) is 24.9. The second-order valence-electron chi connectivity index (χ2n) is 10.5. The number of ether oxygens (including phenoxy) is 2. The van der Waals surface area contributed by atoms with Crippen LogP contribution in [0.5, 0.6) is 11.5 Å². The first kappa shape index (κ1) is 30.0. The average Bonchev–Trinajstić information content (AvgIpc) is 3.69. The van der Waals surface area contributed by atoms with Gasteiger partial charge in [-0.05, 0) is 65.9 Å². The zero-order valence-electron chi connectivity index (χ0n) is 24.1. The van der Waals surface area contributed by atoms with E-state index in [1.165, 1.54) is 61.6 Å².